The number of nitrogens with zero attached hydrogens (tertiary/aromatic N) is 1. The minimum absolute atomic E-state index is 0.0831. The van der Waals surface area contributed by atoms with Crippen molar-refractivity contribution in [1.82, 2.24) is 0 Å². The van der Waals surface area contributed by atoms with Gasteiger partial charge in [0.1, 0.15) is 11.5 Å². The molecule has 1 atom stereocenters. The lowest BCUT2D eigenvalue weighted by Gasteiger charge is -2.12. The molecule has 0 aliphatic rings. The molecule has 6 nitrogen and oxygen atoms in total. The second kappa shape index (κ2) is 6.27. The van der Waals surface area contributed by atoms with Gasteiger partial charge in [0, 0.05) is 13.7 Å². The number of methoxy groups -OCH3 is 1. The summed E-state index contributed by atoms with van der Waals surface area (Å²) >= 11 is 0. The van der Waals surface area contributed by atoms with Crippen LogP contribution in [0, 0.1) is 22.9 Å². The summed E-state index contributed by atoms with van der Waals surface area (Å²) in [4.78, 5) is 10.1. The SMILES string of the molecule is COCC(O)CNc1cc(C)c(F)cc1[N+](=O)[O-]. The summed E-state index contributed by atoms with van der Waals surface area (Å²) in [6, 6.07) is 2.20. The van der Waals surface area contributed by atoms with Gasteiger partial charge in [0.2, 0.25) is 0 Å². The van der Waals surface area contributed by atoms with Crippen molar-refractivity contribution in [2.75, 3.05) is 25.6 Å². The summed E-state index contributed by atoms with van der Waals surface area (Å²) in [5.74, 6) is -0.635. The molecule has 0 radical (unpaired) electrons. The third-order valence-electron chi connectivity index (χ3n) is 2.36. The zero-order valence-corrected chi connectivity index (χ0v) is 10.1. The van der Waals surface area contributed by atoms with Gasteiger partial charge in [-0.3, -0.25) is 10.1 Å². The maximum absolute atomic E-state index is 13.2. The molecule has 7 heteroatoms. The Kier molecular flexibility index (Phi) is 4.99. The molecule has 0 aromatic heterocycles. The highest BCUT2D eigenvalue weighted by Gasteiger charge is 2.17. The van der Waals surface area contributed by atoms with E-state index in [2.05, 4.69) is 5.32 Å². The lowest BCUT2D eigenvalue weighted by Crippen LogP contribution is -2.24. The third-order valence-corrected chi connectivity index (χ3v) is 2.36. The van der Waals surface area contributed by atoms with Crippen LogP contribution in [0.4, 0.5) is 15.8 Å². The Morgan fingerprint density at radius 2 is 2.28 bits per heavy atom. The fourth-order valence-corrected chi connectivity index (χ4v) is 1.44. The van der Waals surface area contributed by atoms with Crippen LogP contribution in [-0.2, 0) is 4.74 Å². The first-order chi connectivity index (χ1) is 8.45. The van der Waals surface area contributed by atoms with Crippen molar-refractivity contribution >= 4 is 11.4 Å². The van der Waals surface area contributed by atoms with Gasteiger partial charge < -0.3 is 15.2 Å². The summed E-state index contributed by atoms with van der Waals surface area (Å²) in [5.41, 5.74) is 0.112. The average Bonchev–Trinajstić information content (AvgIpc) is 2.30. The molecule has 0 saturated heterocycles. The number of rotatable bonds is 6. The largest absolute Gasteiger partial charge is 0.389 e. The van der Waals surface area contributed by atoms with Crippen molar-refractivity contribution in [1.29, 1.82) is 0 Å². The Labute approximate surface area is 104 Å². The number of anilines is 1. The summed E-state index contributed by atoms with van der Waals surface area (Å²) in [7, 11) is 1.44. The number of benzene rings is 1. The number of nitro benzene ring substituents is 1. The molecule has 1 aromatic rings. The molecule has 0 amide bonds. The molecule has 1 aromatic carbocycles. The van der Waals surface area contributed by atoms with Crippen molar-refractivity contribution < 1.29 is 19.2 Å². The molecule has 0 heterocycles. The molecule has 1 rings (SSSR count). The van der Waals surface area contributed by atoms with Crippen LogP contribution in [0.3, 0.4) is 0 Å². The minimum atomic E-state index is -0.792. The van der Waals surface area contributed by atoms with E-state index in [9.17, 15) is 19.6 Å². The quantitative estimate of drug-likeness (QED) is 0.596. The van der Waals surface area contributed by atoms with Crippen LogP contribution in [0.5, 0.6) is 0 Å². The Morgan fingerprint density at radius 3 is 2.83 bits per heavy atom. The number of nitrogens with one attached hydrogen (secondary N) is 1. The van der Waals surface area contributed by atoms with Crippen LogP contribution in [0.15, 0.2) is 12.1 Å². The summed E-state index contributed by atoms with van der Waals surface area (Å²) in [6.45, 7) is 1.70. The molecular formula is C11H15FN2O4. The smallest absolute Gasteiger partial charge is 0.295 e. The minimum Gasteiger partial charge on any atom is -0.389 e. The van der Waals surface area contributed by atoms with Gasteiger partial charge in [0.25, 0.3) is 5.69 Å². The zero-order chi connectivity index (χ0) is 13.7. The van der Waals surface area contributed by atoms with Gasteiger partial charge in [0.15, 0.2) is 0 Å². The van der Waals surface area contributed by atoms with E-state index in [1.165, 1.54) is 20.1 Å². The van der Waals surface area contributed by atoms with E-state index in [0.717, 1.165) is 6.07 Å². The van der Waals surface area contributed by atoms with Gasteiger partial charge in [-0.25, -0.2) is 4.39 Å². The van der Waals surface area contributed by atoms with Crippen molar-refractivity contribution in [3.8, 4) is 0 Å². The van der Waals surface area contributed by atoms with Crippen molar-refractivity contribution in [2.45, 2.75) is 13.0 Å². The summed E-state index contributed by atoms with van der Waals surface area (Å²) in [6.07, 6.45) is -0.792. The second-order valence-corrected chi connectivity index (χ2v) is 3.87. The number of nitro groups is 1. The van der Waals surface area contributed by atoms with Crippen molar-refractivity contribution in [3.05, 3.63) is 33.6 Å². The molecule has 0 saturated carbocycles. The van der Waals surface area contributed by atoms with E-state index in [1.807, 2.05) is 0 Å². The molecule has 0 aliphatic carbocycles. The number of aliphatic hydroxyl groups is 1. The highest BCUT2D eigenvalue weighted by Crippen LogP contribution is 2.27. The first kappa shape index (κ1) is 14.3. The number of hydrogen-bond acceptors (Lipinski definition) is 5. The summed E-state index contributed by atoms with van der Waals surface area (Å²) < 4.78 is 18.0. The first-order valence-electron chi connectivity index (χ1n) is 5.31. The highest BCUT2D eigenvalue weighted by atomic mass is 19.1. The van der Waals surface area contributed by atoms with Crippen LogP contribution in [-0.4, -0.2) is 36.4 Å². The Morgan fingerprint density at radius 1 is 1.61 bits per heavy atom. The van der Waals surface area contributed by atoms with E-state index >= 15 is 0 Å². The maximum atomic E-state index is 13.2. The molecule has 0 spiro atoms. The number of halogens is 1. The molecule has 2 N–H and O–H groups in total. The number of aryl methyl sites for hydroxylation is 1. The normalized spacial score (nSPS) is 12.2. The van der Waals surface area contributed by atoms with E-state index in [4.69, 9.17) is 4.74 Å². The lowest BCUT2D eigenvalue weighted by molar-refractivity contribution is -0.384. The van der Waals surface area contributed by atoms with Crippen LogP contribution in [0.1, 0.15) is 5.56 Å². The Hall–Kier alpha value is -1.73. The van der Waals surface area contributed by atoms with E-state index in [-0.39, 0.29) is 24.5 Å². The fraction of sp³-hybridized carbons (Fsp3) is 0.455. The number of hydrogen-bond donors (Lipinski definition) is 2. The van der Waals surface area contributed by atoms with Gasteiger partial charge >= 0.3 is 0 Å². The van der Waals surface area contributed by atoms with E-state index in [0.29, 0.717) is 5.56 Å². The van der Waals surface area contributed by atoms with Gasteiger partial charge in [-0.1, -0.05) is 0 Å². The lowest BCUT2D eigenvalue weighted by atomic mass is 10.1. The van der Waals surface area contributed by atoms with Crippen LogP contribution < -0.4 is 5.32 Å². The van der Waals surface area contributed by atoms with Gasteiger partial charge in [-0.05, 0) is 18.6 Å². The molecule has 100 valence electrons. The second-order valence-electron chi connectivity index (χ2n) is 3.87. The number of aliphatic hydroxyl groups excluding tert-OH is 1. The van der Waals surface area contributed by atoms with Crippen LogP contribution in [0.2, 0.25) is 0 Å². The monoisotopic (exact) mass is 258 g/mol. The van der Waals surface area contributed by atoms with Crippen LogP contribution in [0.25, 0.3) is 0 Å². The van der Waals surface area contributed by atoms with Gasteiger partial charge in [-0.15, -0.1) is 0 Å². The number of ether oxygens (including phenoxy) is 1. The van der Waals surface area contributed by atoms with Gasteiger partial charge in [-0.2, -0.15) is 0 Å². The molecule has 18 heavy (non-hydrogen) atoms. The van der Waals surface area contributed by atoms with Crippen molar-refractivity contribution in [3.63, 3.8) is 0 Å². The predicted molar refractivity (Wildman–Crippen MR) is 64.2 cm³/mol. The fourth-order valence-electron chi connectivity index (χ4n) is 1.44. The summed E-state index contributed by atoms with van der Waals surface area (Å²) in [5, 5.41) is 22.9. The Bertz CT molecular complexity index is 439. The highest BCUT2D eigenvalue weighted by molar-refractivity contribution is 5.63. The van der Waals surface area contributed by atoms with E-state index < -0.39 is 16.8 Å². The predicted octanol–water partition coefficient (Wildman–Crippen LogP) is 1.46. The Balaban J connectivity index is 2.86. The van der Waals surface area contributed by atoms with Gasteiger partial charge in [0.05, 0.1) is 23.7 Å². The topological polar surface area (TPSA) is 84.6 Å². The third kappa shape index (κ3) is 3.64. The zero-order valence-electron chi connectivity index (χ0n) is 10.1. The first-order valence-corrected chi connectivity index (χ1v) is 5.31. The molecule has 0 bridgehead atoms. The molecular weight excluding hydrogens is 243 g/mol. The molecule has 0 aliphatic heterocycles. The van der Waals surface area contributed by atoms with E-state index in [1.54, 1.807) is 0 Å². The van der Waals surface area contributed by atoms with Crippen LogP contribution >= 0.6 is 0 Å². The standard InChI is InChI=1S/C11H15FN2O4/c1-7-3-10(13-5-8(15)6-18-2)11(14(16)17)4-9(7)12/h3-4,8,13,15H,5-6H2,1-2H3. The van der Waals surface area contributed by atoms with Crippen molar-refractivity contribution in [2.24, 2.45) is 0 Å². The molecule has 1 unspecified atom stereocenters. The molecule has 0 fully saturated rings. The maximum Gasteiger partial charge on any atom is 0.295 e. The average molecular weight is 258 g/mol.